The number of rotatable bonds is 7. The van der Waals surface area contributed by atoms with Crippen LogP contribution in [0.25, 0.3) is 0 Å². The summed E-state index contributed by atoms with van der Waals surface area (Å²) in [4.78, 5) is 0. The Hall–Kier alpha value is -2.57. The fourth-order valence-corrected chi connectivity index (χ4v) is 7.83. The Morgan fingerprint density at radius 3 is 2.71 bits per heavy atom. The minimum absolute atomic E-state index is 0.132. The van der Waals surface area contributed by atoms with Gasteiger partial charge in [-0.05, 0) is 103 Å². The zero-order valence-corrected chi connectivity index (χ0v) is 21.3. The number of ether oxygens (including phenoxy) is 1. The van der Waals surface area contributed by atoms with Crippen molar-refractivity contribution in [3.05, 3.63) is 77.4 Å². The third-order valence-corrected chi connectivity index (χ3v) is 9.72. The smallest absolute Gasteiger partial charge is 0.119 e. The summed E-state index contributed by atoms with van der Waals surface area (Å²) in [5, 5.41) is 21.6. The molecule has 0 spiro atoms. The monoisotopic (exact) mass is 469 g/mol. The van der Waals surface area contributed by atoms with E-state index in [-0.39, 0.29) is 5.41 Å². The number of aliphatic hydroxyl groups is 1. The van der Waals surface area contributed by atoms with Gasteiger partial charge in [0.05, 0.1) is 23.8 Å². The third-order valence-electron chi connectivity index (χ3n) is 9.72. The van der Waals surface area contributed by atoms with Crippen LogP contribution in [-0.4, -0.2) is 17.3 Å². The molecule has 0 aromatic heterocycles. The van der Waals surface area contributed by atoms with Gasteiger partial charge in [0.1, 0.15) is 5.75 Å². The standard InChI is InChI=1S/C32H39NO2/c1-4-6-17-35-26-11-7-22(8-12-26)19-32(34)16-15-29-28-14-10-25-18-23(21-33)9-13-27(25)30(28)24(5-2)20-31(29,32)3/h5,7-9,11-13,18,24,28-30,34H,2,4,6,10,14-17,19-20H2,1,3H3/t24-,28?,29?,30?,31-,32+/m0/s1. The van der Waals surface area contributed by atoms with Crippen LogP contribution < -0.4 is 4.74 Å². The molecule has 184 valence electrons. The van der Waals surface area contributed by atoms with Crippen molar-refractivity contribution in [2.75, 3.05) is 6.61 Å². The number of hydrogen-bond acceptors (Lipinski definition) is 3. The van der Waals surface area contributed by atoms with Gasteiger partial charge in [-0.2, -0.15) is 5.26 Å². The number of allylic oxidation sites excluding steroid dienone is 1. The molecule has 3 nitrogen and oxygen atoms in total. The quantitative estimate of drug-likeness (QED) is 0.351. The van der Waals surface area contributed by atoms with E-state index in [1.54, 1.807) is 0 Å². The van der Waals surface area contributed by atoms with Gasteiger partial charge in [0, 0.05) is 11.8 Å². The number of benzene rings is 2. The van der Waals surface area contributed by atoms with Crippen LogP contribution in [0, 0.1) is 34.5 Å². The molecule has 2 fully saturated rings. The molecule has 2 aromatic rings. The van der Waals surface area contributed by atoms with Crippen molar-refractivity contribution in [2.45, 2.75) is 76.7 Å². The molecule has 1 N–H and O–H groups in total. The minimum atomic E-state index is -0.709. The molecule has 6 atom stereocenters. The van der Waals surface area contributed by atoms with Gasteiger partial charge in [0.15, 0.2) is 0 Å². The molecule has 3 aliphatic carbocycles. The summed E-state index contributed by atoms with van der Waals surface area (Å²) >= 11 is 0. The largest absolute Gasteiger partial charge is 0.494 e. The number of unbranched alkanes of at least 4 members (excludes halogenated alkanes) is 1. The number of aryl methyl sites for hydroxylation is 1. The number of fused-ring (bicyclic) bond motifs is 5. The Kier molecular flexibility index (Phi) is 6.53. The molecule has 0 amide bonds. The first-order valence-electron chi connectivity index (χ1n) is 13.5. The maximum absolute atomic E-state index is 12.2. The van der Waals surface area contributed by atoms with Crippen molar-refractivity contribution in [3.63, 3.8) is 0 Å². The van der Waals surface area contributed by atoms with Crippen LogP contribution in [0.4, 0.5) is 0 Å². The molecule has 3 heteroatoms. The Morgan fingerprint density at radius 2 is 2.00 bits per heavy atom. The van der Waals surface area contributed by atoms with Gasteiger partial charge >= 0.3 is 0 Å². The van der Waals surface area contributed by atoms with E-state index in [0.717, 1.165) is 62.9 Å². The normalized spacial score (nSPS) is 33.2. The van der Waals surface area contributed by atoms with Gasteiger partial charge in [-0.25, -0.2) is 0 Å². The lowest BCUT2D eigenvalue weighted by atomic mass is 9.49. The zero-order valence-electron chi connectivity index (χ0n) is 21.3. The molecule has 2 aromatic carbocycles. The second-order valence-electron chi connectivity index (χ2n) is 11.5. The van der Waals surface area contributed by atoms with Crippen LogP contribution in [0.2, 0.25) is 0 Å². The molecule has 0 saturated heterocycles. The second-order valence-corrected chi connectivity index (χ2v) is 11.5. The summed E-state index contributed by atoms with van der Waals surface area (Å²) in [6.07, 6.45) is 10.1. The van der Waals surface area contributed by atoms with E-state index in [1.807, 2.05) is 6.07 Å². The molecule has 3 unspecified atom stereocenters. The molecule has 0 aliphatic heterocycles. The average molecular weight is 470 g/mol. The Morgan fingerprint density at radius 1 is 1.20 bits per heavy atom. The molecular formula is C32H39NO2. The molecule has 5 rings (SSSR count). The maximum Gasteiger partial charge on any atom is 0.119 e. The molecule has 0 bridgehead atoms. The van der Waals surface area contributed by atoms with Crippen molar-refractivity contribution in [1.29, 1.82) is 5.26 Å². The van der Waals surface area contributed by atoms with E-state index in [9.17, 15) is 10.4 Å². The predicted molar refractivity (Wildman–Crippen MR) is 140 cm³/mol. The third kappa shape index (κ3) is 4.11. The highest BCUT2D eigenvalue weighted by Crippen LogP contribution is 2.66. The second kappa shape index (κ2) is 9.47. The minimum Gasteiger partial charge on any atom is -0.494 e. The summed E-state index contributed by atoms with van der Waals surface area (Å²) in [6, 6.07) is 17.0. The summed E-state index contributed by atoms with van der Waals surface area (Å²) in [7, 11) is 0. The van der Waals surface area contributed by atoms with Crippen LogP contribution in [0.15, 0.2) is 55.1 Å². The summed E-state index contributed by atoms with van der Waals surface area (Å²) in [5.41, 5.74) is 3.87. The summed E-state index contributed by atoms with van der Waals surface area (Å²) < 4.78 is 5.84. The first-order valence-corrected chi connectivity index (χ1v) is 13.5. The van der Waals surface area contributed by atoms with E-state index in [4.69, 9.17) is 4.74 Å². The lowest BCUT2D eigenvalue weighted by Gasteiger charge is -2.56. The van der Waals surface area contributed by atoms with E-state index in [0.29, 0.717) is 30.1 Å². The van der Waals surface area contributed by atoms with E-state index in [2.05, 4.69) is 69.0 Å². The van der Waals surface area contributed by atoms with Gasteiger partial charge in [0.2, 0.25) is 0 Å². The van der Waals surface area contributed by atoms with Crippen molar-refractivity contribution in [1.82, 2.24) is 0 Å². The van der Waals surface area contributed by atoms with Crippen molar-refractivity contribution < 1.29 is 9.84 Å². The van der Waals surface area contributed by atoms with Crippen LogP contribution in [-0.2, 0) is 12.8 Å². The lowest BCUT2D eigenvalue weighted by Crippen LogP contribution is -2.54. The maximum atomic E-state index is 12.2. The van der Waals surface area contributed by atoms with Gasteiger partial charge in [-0.3, -0.25) is 0 Å². The molecule has 2 saturated carbocycles. The average Bonchev–Trinajstić information content (AvgIpc) is 3.13. The molecule has 35 heavy (non-hydrogen) atoms. The van der Waals surface area contributed by atoms with Crippen LogP contribution in [0.5, 0.6) is 5.75 Å². The highest BCUT2D eigenvalue weighted by atomic mass is 16.5. The van der Waals surface area contributed by atoms with Crippen LogP contribution in [0.3, 0.4) is 0 Å². The van der Waals surface area contributed by atoms with Crippen molar-refractivity contribution >= 4 is 0 Å². The fourth-order valence-electron chi connectivity index (χ4n) is 7.83. The van der Waals surface area contributed by atoms with Gasteiger partial charge in [0.25, 0.3) is 0 Å². The zero-order chi connectivity index (χ0) is 24.6. The Bertz CT molecular complexity index is 1120. The van der Waals surface area contributed by atoms with Gasteiger partial charge in [-0.1, -0.05) is 44.5 Å². The Labute approximate surface area is 210 Å². The van der Waals surface area contributed by atoms with Crippen LogP contribution in [0.1, 0.15) is 80.5 Å². The predicted octanol–water partition coefficient (Wildman–Crippen LogP) is 6.98. The van der Waals surface area contributed by atoms with Crippen molar-refractivity contribution in [3.8, 4) is 11.8 Å². The lowest BCUT2D eigenvalue weighted by molar-refractivity contribution is -0.111. The summed E-state index contributed by atoms with van der Waals surface area (Å²) in [5.74, 6) is 2.77. The fraction of sp³-hybridized carbons (Fsp3) is 0.531. The molecule has 0 radical (unpaired) electrons. The number of hydrogen-bond donors (Lipinski definition) is 1. The van der Waals surface area contributed by atoms with Gasteiger partial charge in [-0.15, -0.1) is 6.58 Å². The summed E-state index contributed by atoms with van der Waals surface area (Å²) in [6.45, 7) is 9.53. The SMILES string of the molecule is C=C[C@H]1C[C@@]2(C)C(CC[C@@]2(O)Cc2ccc(OCCCC)cc2)C2CCc3cc(C#N)ccc3C21. The van der Waals surface area contributed by atoms with Crippen LogP contribution >= 0.6 is 0 Å². The molecule has 0 heterocycles. The van der Waals surface area contributed by atoms with E-state index >= 15 is 0 Å². The topological polar surface area (TPSA) is 53.2 Å². The Balaban J connectivity index is 1.39. The first-order chi connectivity index (χ1) is 16.9. The van der Waals surface area contributed by atoms with E-state index in [1.165, 1.54) is 16.7 Å². The van der Waals surface area contributed by atoms with Crippen molar-refractivity contribution in [2.24, 2.45) is 23.2 Å². The highest BCUT2D eigenvalue weighted by molar-refractivity contribution is 5.43. The number of nitriles is 1. The molecule has 3 aliphatic rings. The van der Waals surface area contributed by atoms with Gasteiger partial charge < -0.3 is 9.84 Å². The first kappa shape index (κ1) is 24.1. The highest BCUT2D eigenvalue weighted by Gasteiger charge is 2.63. The molecular weight excluding hydrogens is 430 g/mol. The van der Waals surface area contributed by atoms with E-state index < -0.39 is 5.60 Å². The number of nitrogens with zero attached hydrogens (tertiary/aromatic N) is 1.